The number of rotatable bonds is 12. The Morgan fingerprint density at radius 2 is 1.80 bits per heavy atom. The van der Waals surface area contributed by atoms with Gasteiger partial charge in [0.25, 0.3) is 5.89 Å². The lowest BCUT2D eigenvalue weighted by Gasteiger charge is -2.32. The number of halogens is 4. The van der Waals surface area contributed by atoms with Crippen molar-refractivity contribution in [3.63, 3.8) is 0 Å². The summed E-state index contributed by atoms with van der Waals surface area (Å²) >= 11 is 0. The van der Waals surface area contributed by atoms with E-state index in [-0.39, 0.29) is 37.4 Å². The summed E-state index contributed by atoms with van der Waals surface area (Å²) in [5, 5.41) is 3.62. The van der Waals surface area contributed by atoms with Crippen LogP contribution < -0.4 is 9.64 Å². The number of hydrogen-bond donors (Lipinski definition) is 0. The molecule has 0 atom stereocenters. The molecule has 1 aliphatic rings. The van der Waals surface area contributed by atoms with Crippen molar-refractivity contribution in [3.8, 4) is 16.9 Å². The van der Waals surface area contributed by atoms with E-state index in [9.17, 15) is 22.4 Å². The normalized spacial score (nSPS) is 15.7. The monoisotopic (exact) mass is 561 g/mol. The fraction of sp³-hybridized carbons (Fsp3) is 0.500. The lowest BCUT2D eigenvalue weighted by Crippen LogP contribution is -2.40. The predicted octanol–water partition coefficient (Wildman–Crippen LogP) is 7.82. The van der Waals surface area contributed by atoms with Crippen LogP contribution in [0.25, 0.3) is 11.1 Å². The summed E-state index contributed by atoms with van der Waals surface area (Å²) in [4.78, 5) is 19.1. The predicted molar refractivity (Wildman–Crippen MR) is 144 cm³/mol. The molecule has 0 aliphatic heterocycles. The quantitative estimate of drug-likeness (QED) is 0.167. The van der Waals surface area contributed by atoms with Crippen molar-refractivity contribution in [3.05, 3.63) is 60.2 Å². The Hall–Kier alpha value is -3.43. The molecule has 10 heteroatoms. The average molecular weight is 562 g/mol. The molecule has 40 heavy (non-hydrogen) atoms. The Morgan fingerprint density at radius 3 is 2.45 bits per heavy atom. The second-order valence-corrected chi connectivity index (χ2v) is 10.3. The molecule has 0 saturated heterocycles. The molecule has 1 aliphatic carbocycles. The minimum absolute atomic E-state index is 0.146. The van der Waals surface area contributed by atoms with Crippen molar-refractivity contribution in [2.24, 2.45) is 5.92 Å². The molecule has 1 fully saturated rings. The summed E-state index contributed by atoms with van der Waals surface area (Å²) in [5.74, 6) is -6.22. The van der Waals surface area contributed by atoms with E-state index in [4.69, 9.17) is 4.74 Å². The van der Waals surface area contributed by atoms with Gasteiger partial charge in [0.05, 0.1) is 6.61 Å². The first-order chi connectivity index (χ1) is 19.1. The Balaban J connectivity index is 1.44. The molecule has 216 valence electrons. The second-order valence-electron chi connectivity index (χ2n) is 10.3. The molecule has 4 rings (SSSR count). The highest BCUT2D eigenvalue weighted by Crippen LogP contribution is 2.38. The smallest absolute Gasteiger partial charge is 0.322 e. The van der Waals surface area contributed by atoms with Gasteiger partial charge in [-0.1, -0.05) is 35.8 Å². The number of benzene rings is 2. The number of amides is 1. The number of carbonyl (C=O) groups is 1. The van der Waals surface area contributed by atoms with Gasteiger partial charge in [-0.3, -0.25) is 4.79 Å². The fourth-order valence-corrected chi connectivity index (χ4v) is 4.90. The van der Waals surface area contributed by atoms with Crippen molar-refractivity contribution in [2.45, 2.75) is 77.1 Å². The van der Waals surface area contributed by atoms with Gasteiger partial charge >= 0.3 is 5.92 Å². The summed E-state index contributed by atoms with van der Waals surface area (Å²) in [5.41, 5.74) is 2.60. The van der Waals surface area contributed by atoms with Crippen LogP contribution in [0.15, 0.2) is 53.1 Å². The van der Waals surface area contributed by atoms with Crippen LogP contribution >= 0.6 is 0 Å². The van der Waals surface area contributed by atoms with Crippen molar-refractivity contribution in [1.82, 2.24) is 10.1 Å². The van der Waals surface area contributed by atoms with Gasteiger partial charge < -0.3 is 14.2 Å². The van der Waals surface area contributed by atoms with Gasteiger partial charge in [-0.15, -0.1) is 0 Å². The van der Waals surface area contributed by atoms with Gasteiger partial charge in [-0.25, -0.2) is 8.78 Å². The number of nitrogens with zero attached hydrogens (tertiary/aromatic N) is 3. The molecule has 0 unspecified atom stereocenters. The van der Waals surface area contributed by atoms with Crippen LogP contribution in [-0.2, 0) is 17.1 Å². The summed E-state index contributed by atoms with van der Waals surface area (Å²) in [6, 6.07) is 15.3. The average Bonchev–Trinajstić information content (AvgIpc) is 3.41. The van der Waals surface area contributed by atoms with Crippen molar-refractivity contribution >= 4 is 11.6 Å². The molecule has 1 heterocycles. The minimum Gasteiger partial charge on any atom is -0.494 e. The number of alkyl halides is 4. The minimum atomic E-state index is -3.19. The van der Waals surface area contributed by atoms with E-state index in [0.29, 0.717) is 51.4 Å². The van der Waals surface area contributed by atoms with Gasteiger partial charge in [0.15, 0.2) is 5.82 Å². The van der Waals surface area contributed by atoms with E-state index < -0.39 is 23.7 Å². The topological polar surface area (TPSA) is 68.5 Å². The standard InChI is InChI=1S/C30H35F4N3O3/c1-3-39-25-13-11-21(12-14-25)23-8-7-9-24(20-23)37(27(38)22-15-17-30(33,34)18-16-22)19-6-4-5-10-26-35-28(40-36-26)29(2,31)32/h7-9,11-14,20,22H,3-6,10,15-19H2,1-2H3. The van der Waals surface area contributed by atoms with E-state index in [1.54, 1.807) is 4.90 Å². The molecule has 1 aromatic heterocycles. The molecule has 1 saturated carbocycles. The highest BCUT2D eigenvalue weighted by molar-refractivity contribution is 5.95. The van der Waals surface area contributed by atoms with Gasteiger partial charge in [-0.2, -0.15) is 13.8 Å². The lowest BCUT2D eigenvalue weighted by atomic mass is 9.85. The highest BCUT2D eigenvalue weighted by atomic mass is 19.3. The van der Waals surface area contributed by atoms with Gasteiger partial charge in [-0.05, 0) is 68.0 Å². The first kappa shape index (κ1) is 29.6. The van der Waals surface area contributed by atoms with Crippen molar-refractivity contribution in [1.29, 1.82) is 0 Å². The molecule has 0 bridgehead atoms. The molecule has 6 nitrogen and oxygen atoms in total. The zero-order valence-electron chi connectivity index (χ0n) is 22.8. The molecule has 1 amide bonds. The van der Waals surface area contributed by atoms with E-state index >= 15 is 0 Å². The summed E-state index contributed by atoms with van der Waals surface area (Å²) in [6.45, 7) is 3.60. The Labute approximate surface area is 231 Å². The van der Waals surface area contributed by atoms with E-state index in [0.717, 1.165) is 16.9 Å². The van der Waals surface area contributed by atoms with Gasteiger partial charge in [0.2, 0.25) is 11.8 Å². The van der Waals surface area contributed by atoms with Gasteiger partial charge in [0.1, 0.15) is 5.75 Å². The number of aromatic nitrogens is 2. The van der Waals surface area contributed by atoms with Crippen molar-refractivity contribution < 1.29 is 31.6 Å². The van der Waals surface area contributed by atoms with Crippen LogP contribution in [0.2, 0.25) is 0 Å². The first-order valence-electron chi connectivity index (χ1n) is 13.8. The second kappa shape index (κ2) is 12.8. The molecule has 2 aromatic carbocycles. The number of ether oxygens (including phenoxy) is 1. The van der Waals surface area contributed by atoms with E-state index in [2.05, 4.69) is 14.7 Å². The summed E-state index contributed by atoms with van der Waals surface area (Å²) < 4.78 is 64.4. The summed E-state index contributed by atoms with van der Waals surface area (Å²) in [7, 11) is 0. The maximum absolute atomic E-state index is 13.8. The molecule has 3 aromatic rings. The fourth-order valence-electron chi connectivity index (χ4n) is 4.90. The van der Waals surface area contributed by atoms with Crippen LogP contribution in [0.5, 0.6) is 5.75 Å². The third-order valence-corrected chi connectivity index (χ3v) is 7.11. The number of hydrogen-bond acceptors (Lipinski definition) is 5. The van der Waals surface area contributed by atoms with Crippen LogP contribution in [0.1, 0.15) is 70.5 Å². The zero-order valence-corrected chi connectivity index (χ0v) is 22.8. The van der Waals surface area contributed by atoms with Gasteiger partial charge in [0, 0.05) is 44.3 Å². The van der Waals surface area contributed by atoms with E-state index in [1.807, 2.05) is 55.5 Å². The van der Waals surface area contributed by atoms with Crippen LogP contribution in [0, 0.1) is 5.92 Å². The molecule has 0 spiro atoms. The maximum Gasteiger partial charge on any atom is 0.322 e. The Kier molecular flexibility index (Phi) is 9.48. The van der Waals surface area contributed by atoms with Crippen LogP contribution in [0.3, 0.4) is 0 Å². The number of anilines is 1. The molecule has 0 N–H and O–H groups in total. The zero-order chi connectivity index (χ0) is 28.8. The third kappa shape index (κ3) is 7.82. The SMILES string of the molecule is CCOc1ccc(-c2cccc(N(CCCCCc3noc(C(C)(F)F)n3)C(=O)C3CCC(F)(F)CC3)c2)cc1. The van der Waals surface area contributed by atoms with Crippen LogP contribution in [0.4, 0.5) is 23.2 Å². The molecule has 0 radical (unpaired) electrons. The molecular formula is C30H35F4N3O3. The Bertz CT molecular complexity index is 1250. The Morgan fingerprint density at radius 1 is 1.07 bits per heavy atom. The molecular weight excluding hydrogens is 526 g/mol. The largest absolute Gasteiger partial charge is 0.494 e. The van der Waals surface area contributed by atoms with Crippen molar-refractivity contribution in [2.75, 3.05) is 18.1 Å². The van der Waals surface area contributed by atoms with E-state index in [1.165, 1.54) is 0 Å². The maximum atomic E-state index is 13.8. The third-order valence-electron chi connectivity index (χ3n) is 7.11. The first-order valence-corrected chi connectivity index (χ1v) is 13.8. The number of aryl methyl sites for hydroxylation is 1. The summed E-state index contributed by atoms with van der Waals surface area (Å²) in [6.07, 6.45) is 2.07. The highest BCUT2D eigenvalue weighted by Gasteiger charge is 2.39. The lowest BCUT2D eigenvalue weighted by molar-refractivity contribution is -0.126. The van der Waals surface area contributed by atoms with Crippen LogP contribution in [-0.4, -0.2) is 35.1 Å². The number of unbranched alkanes of at least 4 members (excludes halogenated alkanes) is 2. The number of carbonyl (C=O) groups excluding carboxylic acids is 1.